The van der Waals surface area contributed by atoms with Gasteiger partial charge < -0.3 is 10.0 Å². The van der Waals surface area contributed by atoms with Crippen LogP contribution in [0.15, 0.2) is 54.6 Å². The molecule has 1 amide bonds. The molecule has 2 N–H and O–H groups in total. The molecule has 160 valence electrons. The number of carbonyl (C=O) groups excluding carboxylic acids is 1. The molecule has 2 unspecified atom stereocenters. The first-order chi connectivity index (χ1) is 14.5. The van der Waals surface area contributed by atoms with Crippen LogP contribution >= 0.6 is 11.8 Å². The standard InChI is InChI=1S/C20H23F2N5O2S/c21-20(22,15-8-4-3-5-9-15)17(28)12-11-16-14-30-19(29)27(16)13-7-2-1-6-10-18-23-25-26-24-18/h1,3-6,8-9,11-12,16-17,28H,2,7,10,13-14H2,(H,23,24,25,26). The fourth-order valence-electron chi connectivity index (χ4n) is 3.02. The van der Waals surface area contributed by atoms with E-state index in [4.69, 9.17) is 0 Å². The third-order valence-electron chi connectivity index (χ3n) is 4.68. The van der Waals surface area contributed by atoms with Gasteiger partial charge in [-0.2, -0.15) is 14.0 Å². The summed E-state index contributed by atoms with van der Waals surface area (Å²) in [5.41, 5.74) is -0.247. The fraction of sp³-hybridized carbons (Fsp3) is 0.400. The number of amides is 1. The van der Waals surface area contributed by atoms with E-state index in [1.807, 2.05) is 12.2 Å². The van der Waals surface area contributed by atoms with Crippen molar-refractivity contribution >= 4 is 17.0 Å². The van der Waals surface area contributed by atoms with Gasteiger partial charge in [0.2, 0.25) is 0 Å². The third kappa shape index (κ3) is 5.73. The Balaban J connectivity index is 1.49. The minimum Gasteiger partial charge on any atom is -0.382 e. The van der Waals surface area contributed by atoms with Gasteiger partial charge >= 0.3 is 5.92 Å². The molecule has 1 fully saturated rings. The number of rotatable bonds is 10. The predicted molar refractivity (Wildman–Crippen MR) is 110 cm³/mol. The fourth-order valence-corrected chi connectivity index (χ4v) is 4.02. The largest absolute Gasteiger partial charge is 0.382 e. The number of thioether (sulfide) groups is 1. The summed E-state index contributed by atoms with van der Waals surface area (Å²) >= 11 is 1.16. The van der Waals surface area contributed by atoms with E-state index < -0.39 is 12.0 Å². The predicted octanol–water partition coefficient (Wildman–Crippen LogP) is 3.33. The van der Waals surface area contributed by atoms with Gasteiger partial charge in [0.15, 0.2) is 5.82 Å². The van der Waals surface area contributed by atoms with Crippen LogP contribution in [-0.4, -0.2) is 60.3 Å². The van der Waals surface area contributed by atoms with Gasteiger partial charge in [0.1, 0.15) is 6.10 Å². The number of unbranched alkanes of at least 4 members (excludes halogenated alkanes) is 1. The molecule has 0 spiro atoms. The molecule has 1 aliphatic heterocycles. The van der Waals surface area contributed by atoms with Crippen LogP contribution in [0.1, 0.15) is 24.2 Å². The monoisotopic (exact) mass is 435 g/mol. The van der Waals surface area contributed by atoms with Crippen molar-refractivity contribution < 1.29 is 18.7 Å². The lowest BCUT2D eigenvalue weighted by atomic mass is 10.0. The first-order valence-electron chi connectivity index (χ1n) is 9.59. The zero-order chi connectivity index (χ0) is 21.4. The molecule has 0 saturated carbocycles. The number of halogens is 2. The van der Waals surface area contributed by atoms with Crippen molar-refractivity contribution in [3.8, 4) is 0 Å². The van der Waals surface area contributed by atoms with E-state index in [2.05, 4.69) is 20.6 Å². The van der Waals surface area contributed by atoms with E-state index >= 15 is 0 Å². The molecule has 2 heterocycles. The summed E-state index contributed by atoms with van der Waals surface area (Å²) in [5, 5.41) is 23.5. The van der Waals surface area contributed by atoms with Crippen molar-refractivity contribution in [2.24, 2.45) is 0 Å². The number of nitrogens with one attached hydrogen (secondary N) is 1. The molecule has 1 aliphatic rings. The first-order valence-corrected chi connectivity index (χ1v) is 10.6. The van der Waals surface area contributed by atoms with Crippen LogP contribution in [-0.2, 0) is 12.3 Å². The van der Waals surface area contributed by atoms with Gasteiger partial charge in [-0.1, -0.05) is 71.6 Å². The second-order valence-corrected chi connectivity index (χ2v) is 7.77. The van der Waals surface area contributed by atoms with Gasteiger partial charge in [-0.05, 0) is 12.8 Å². The lowest BCUT2D eigenvalue weighted by molar-refractivity contribution is -0.0929. The second-order valence-electron chi connectivity index (χ2n) is 6.80. The Morgan fingerprint density at radius 3 is 2.87 bits per heavy atom. The lowest BCUT2D eigenvalue weighted by Gasteiger charge is -2.23. The normalized spacial score (nSPS) is 18.7. The maximum absolute atomic E-state index is 14.4. The Hall–Kier alpha value is -2.59. The van der Waals surface area contributed by atoms with Crippen LogP contribution in [0.2, 0.25) is 0 Å². The van der Waals surface area contributed by atoms with Gasteiger partial charge in [0.25, 0.3) is 5.24 Å². The molecule has 1 saturated heterocycles. The number of tetrazole rings is 1. The third-order valence-corrected chi connectivity index (χ3v) is 5.67. The van der Waals surface area contributed by atoms with Crippen LogP contribution in [0.4, 0.5) is 13.6 Å². The molecule has 0 bridgehead atoms. The van der Waals surface area contributed by atoms with E-state index in [0.29, 0.717) is 24.5 Å². The molecule has 1 aromatic heterocycles. The van der Waals surface area contributed by atoms with E-state index in [1.54, 1.807) is 11.0 Å². The van der Waals surface area contributed by atoms with Gasteiger partial charge in [-0.15, -0.1) is 10.2 Å². The molecule has 1 aromatic carbocycles. The molecule has 3 rings (SSSR count). The molecule has 2 atom stereocenters. The van der Waals surface area contributed by atoms with E-state index in [-0.39, 0.29) is 16.8 Å². The Morgan fingerprint density at radius 2 is 2.13 bits per heavy atom. The Morgan fingerprint density at radius 1 is 1.33 bits per heavy atom. The zero-order valence-corrected chi connectivity index (χ0v) is 17.0. The van der Waals surface area contributed by atoms with Gasteiger partial charge in [0.05, 0.1) is 6.04 Å². The average Bonchev–Trinajstić information content (AvgIpc) is 3.39. The molecular formula is C20H23F2N5O2S. The van der Waals surface area contributed by atoms with E-state index in [9.17, 15) is 18.7 Å². The summed E-state index contributed by atoms with van der Waals surface area (Å²) in [4.78, 5) is 13.8. The van der Waals surface area contributed by atoms with Crippen LogP contribution in [0.5, 0.6) is 0 Å². The van der Waals surface area contributed by atoms with Crippen molar-refractivity contribution in [2.75, 3.05) is 12.3 Å². The van der Waals surface area contributed by atoms with Crippen LogP contribution in [0.25, 0.3) is 0 Å². The Bertz CT molecular complexity index is 861. The number of hydrogen-bond donors (Lipinski definition) is 2. The van der Waals surface area contributed by atoms with Crippen LogP contribution in [0, 0.1) is 0 Å². The second kappa shape index (κ2) is 10.4. The van der Waals surface area contributed by atoms with Gasteiger partial charge in [-0.3, -0.25) is 4.79 Å². The van der Waals surface area contributed by atoms with Crippen molar-refractivity contribution in [3.05, 3.63) is 66.0 Å². The van der Waals surface area contributed by atoms with Crippen molar-refractivity contribution in [1.29, 1.82) is 0 Å². The van der Waals surface area contributed by atoms with Crippen molar-refractivity contribution in [2.45, 2.75) is 37.3 Å². The topological polar surface area (TPSA) is 95.0 Å². The number of aromatic nitrogens is 4. The number of benzene rings is 1. The maximum Gasteiger partial charge on any atom is 0.302 e. The molecule has 30 heavy (non-hydrogen) atoms. The lowest BCUT2D eigenvalue weighted by Crippen LogP contribution is -2.34. The number of H-pyrrole nitrogens is 1. The highest BCUT2D eigenvalue weighted by Crippen LogP contribution is 2.33. The molecule has 2 aromatic rings. The number of carbonyl (C=O) groups is 1. The minimum atomic E-state index is -3.40. The number of aromatic amines is 1. The summed E-state index contributed by atoms with van der Waals surface area (Å²) in [6.07, 6.45) is 6.63. The minimum absolute atomic E-state index is 0.0789. The molecular weight excluding hydrogens is 412 g/mol. The summed E-state index contributed by atoms with van der Waals surface area (Å²) < 4.78 is 28.8. The van der Waals surface area contributed by atoms with E-state index in [1.165, 1.54) is 30.3 Å². The SMILES string of the molecule is O=C1SCC(C=CC(O)C(F)(F)c2ccccc2)N1CCCC=CCc1nn[nH]n1. The smallest absolute Gasteiger partial charge is 0.302 e. The van der Waals surface area contributed by atoms with E-state index in [0.717, 1.165) is 30.7 Å². The summed E-state index contributed by atoms with van der Waals surface area (Å²) in [5.74, 6) is -2.32. The summed E-state index contributed by atoms with van der Waals surface area (Å²) in [7, 11) is 0. The number of allylic oxidation sites excluding steroid dienone is 2. The van der Waals surface area contributed by atoms with Crippen molar-refractivity contribution in [1.82, 2.24) is 25.5 Å². The number of hydrogen-bond acceptors (Lipinski definition) is 6. The summed E-state index contributed by atoms with van der Waals surface area (Å²) in [6.45, 7) is 0.512. The van der Waals surface area contributed by atoms with Gasteiger partial charge in [-0.25, -0.2) is 0 Å². The van der Waals surface area contributed by atoms with Crippen molar-refractivity contribution in [3.63, 3.8) is 0 Å². The molecule has 10 heteroatoms. The highest BCUT2D eigenvalue weighted by atomic mass is 32.2. The molecule has 0 radical (unpaired) electrons. The number of alkyl halides is 2. The van der Waals surface area contributed by atoms with Crippen LogP contribution < -0.4 is 0 Å². The summed E-state index contributed by atoms with van der Waals surface area (Å²) in [6, 6.07) is 6.90. The number of aliphatic hydroxyl groups is 1. The molecule has 0 aliphatic carbocycles. The number of aliphatic hydroxyl groups excluding tert-OH is 1. The van der Waals surface area contributed by atoms with Gasteiger partial charge in [0, 0.05) is 24.3 Å². The Kier molecular flexibility index (Phi) is 7.69. The van der Waals surface area contributed by atoms with Crippen LogP contribution in [0.3, 0.4) is 0 Å². The quantitative estimate of drug-likeness (QED) is 0.439. The average molecular weight is 436 g/mol. The number of nitrogens with zero attached hydrogens (tertiary/aromatic N) is 4. The first kappa shape index (κ1) is 22.1. The Labute approximate surface area is 177 Å². The highest BCUT2D eigenvalue weighted by molar-refractivity contribution is 8.13. The highest BCUT2D eigenvalue weighted by Gasteiger charge is 2.39. The zero-order valence-electron chi connectivity index (χ0n) is 16.2. The molecule has 7 nitrogen and oxygen atoms in total. The maximum atomic E-state index is 14.4.